The van der Waals surface area contributed by atoms with Gasteiger partial charge < -0.3 is 15.6 Å². The van der Waals surface area contributed by atoms with E-state index in [1.54, 1.807) is 12.5 Å². The summed E-state index contributed by atoms with van der Waals surface area (Å²) in [6.07, 6.45) is 3.84. The molecule has 1 saturated heterocycles. The van der Waals surface area contributed by atoms with Crippen LogP contribution in [0.3, 0.4) is 0 Å². The van der Waals surface area contributed by atoms with Crippen molar-refractivity contribution in [2.75, 3.05) is 13.1 Å². The van der Waals surface area contributed by atoms with E-state index >= 15 is 0 Å². The predicted molar refractivity (Wildman–Crippen MR) is 62.8 cm³/mol. The van der Waals surface area contributed by atoms with Gasteiger partial charge in [-0.2, -0.15) is 0 Å². The van der Waals surface area contributed by atoms with Gasteiger partial charge in [-0.25, -0.2) is 9.78 Å². The number of urea groups is 1. The molecule has 1 atom stereocenters. The summed E-state index contributed by atoms with van der Waals surface area (Å²) in [6, 6.07) is -0.447. The zero-order chi connectivity index (χ0) is 13.1. The Hall–Kier alpha value is -2.38. The molecule has 8 nitrogen and oxygen atoms in total. The first kappa shape index (κ1) is 12.1. The fourth-order valence-corrected chi connectivity index (χ4v) is 1.77. The van der Waals surface area contributed by atoms with Gasteiger partial charge in [0, 0.05) is 31.4 Å². The van der Waals surface area contributed by atoms with Crippen molar-refractivity contribution in [2.45, 2.75) is 6.42 Å². The molecule has 0 bridgehead atoms. The van der Waals surface area contributed by atoms with Crippen LogP contribution in [0.4, 0.5) is 4.79 Å². The smallest absolute Gasteiger partial charge is 0.324 e. The molecule has 1 aromatic rings. The quantitative estimate of drug-likeness (QED) is 0.406. The standard InChI is InChI=1S/C10H14N6O2/c11-8(12)7-4-16(10(18)15-9(7)17)2-1-6-3-13-5-14-6/h3,5,7H,1-2,4H2,(H3,11,12)(H,13,14)(H,15,17,18)/t7-/m0/s1. The second-order valence-electron chi connectivity index (χ2n) is 4.08. The van der Waals surface area contributed by atoms with Crippen LogP contribution in [0.2, 0.25) is 0 Å². The maximum atomic E-state index is 11.6. The van der Waals surface area contributed by atoms with Crippen LogP contribution >= 0.6 is 0 Å². The van der Waals surface area contributed by atoms with Gasteiger partial charge >= 0.3 is 6.03 Å². The number of imidazole rings is 1. The average Bonchev–Trinajstić information content (AvgIpc) is 2.80. The first-order valence-corrected chi connectivity index (χ1v) is 5.49. The maximum Gasteiger partial charge on any atom is 0.324 e. The molecule has 0 spiro atoms. The Morgan fingerprint density at radius 1 is 1.61 bits per heavy atom. The van der Waals surface area contributed by atoms with Crippen molar-refractivity contribution in [1.82, 2.24) is 20.2 Å². The number of hydrogen-bond donors (Lipinski definition) is 4. The SMILES string of the molecule is N=C(N)[C@@H]1CN(CCc2cnc[nH]2)C(=O)NC1=O. The number of carbonyl (C=O) groups is 2. The normalized spacial score (nSPS) is 19.8. The monoisotopic (exact) mass is 250 g/mol. The molecule has 5 N–H and O–H groups in total. The third-order valence-electron chi connectivity index (χ3n) is 2.82. The molecule has 2 rings (SSSR count). The van der Waals surface area contributed by atoms with E-state index in [0.717, 1.165) is 5.69 Å². The predicted octanol–water partition coefficient (Wildman–Crippen LogP) is -0.944. The molecule has 1 aromatic heterocycles. The van der Waals surface area contributed by atoms with Crippen LogP contribution in [-0.2, 0) is 11.2 Å². The third-order valence-corrected chi connectivity index (χ3v) is 2.82. The lowest BCUT2D eigenvalue weighted by Gasteiger charge is -2.31. The number of hydrogen-bond acceptors (Lipinski definition) is 4. The number of nitrogens with one attached hydrogen (secondary N) is 3. The van der Waals surface area contributed by atoms with Crippen LogP contribution < -0.4 is 11.1 Å². The molecule has 1 fully saturated rings. The van der Waals surface area contributed by atoms with E-state index in [1.165, 1.54) is 4.90 Å². The molecular formula is C10H14N6O2. The fraction of sp³-hybridized carbons (Fsp3) is 0.400. The largest absolute Gasteiger partial charge is 0.387 e. The molecule has 1 aliphatic heterocycles. The van der Waals surface area contributed by atoms with Gasteiger partial charge in [-0.1, -0.05) is 0 Å². The summed E-state index contributed by atoms with van der Waals surface area (Å²) >= 11 is 0. The number of amidine groups is 1. The molecule has 0 aliphatic carbocycles. The number of aromatic amines is 1. The van der Waals surface area contributed by atoms with Crippen molar-refractivity contribution in [3.63, 3.8) is 0 Å². The van der Waals surface area contributed by atoms with Crippen LogP contribution in [0.5, 0.6) is 0 Å². The Morgan fingerprint density at radius 3 is 3.00 bits per heavy atom. The number of amides is 3. The van der Waals surface area contributed by atoms with Crippen LogP contribution in [0.15, 0.2) is 12.5 Å². The van der Waals surface area contributed by atoms with E-state index in [2.05, 4.69) is 15.3 Å². The average molecular weight is 250 g/mol. The third kappa shape index (κ3) is 2.47. The number of aromatic nitrogens is 2. The molecule has 0 radical (unpaired) electrons. The molecule has 96 valence electrons. The van der Waals surface area contributed by atoms with E-state index in [1.807, 2.05) is 0 Å². The van der Waals surface area contributed by atoms with E-state index < -0.39 is 17.9 Å². The lowest BCUT2D eigenvalue weighted by atomic mass is 10.1. The molecule has 0 unspecified atom stereocenters. The highest BCUT2D eigenvalue weighted by Crippen LogP contribution is 2.09. The van der Waals surface area contributed by atoms with Gasteiger partial charge in [-0.15, -0.1) is 0 Å². The van der Waals surface area contributed by atoms with E-state index in [-0.39, 0.29) is 12.4 Å². The molecular weight excluding hydrogens is 236 g/mol. The van der Waals surface area contributed by atoms with E-state index in [0.29, 0.717) is 13.0 Å². The first-order valence-electron chi connectivity index (χ1n) is 5.49. The molecule has 18 heavy (non-hydrogen) atoms. The van der Waals surface area contributed by atoms with Crippen molar-refractivity contribution in [3.05, 3.63) is 18.2 Å². The highest BCUT2D eigenvalue weighted by atomic mass is 16.2. The maximum absolute atomic E-state index is 11.6. The topological polar surface area (TPSA) is 128 Å². The lowest BCUT2D eigenvalue weighted by molar-refractivity contribution is -0.123. The van der Waals surface area contributed by atoms with Crippen molar-refractivity contribution < 1.29 is 9.59 Å². The highest BCUT2D eigenvalue weighted by Gasteiger charge is 2.33. The second-order valence-corrected chi connectivity index (χ2v) is 4.08. The van der Waals surface area contributed by atoms with Crippen LogP contribution in [-0.4, -0.2) is 45.7 Å². The summed E-state index contributed by atoms with van der Waals surface area (Å²) in [4.78, 5) is 31.3. The zero-order valence-corrected chi connectivity index (χ0v) is 9.64. The number of carbonyl (C=O) groups excluding carboxylic acids is 2. The summed E-state index contributed by atoms with van der Waals surface area (Å²) in [7, 11) is 0. The highest BCUT2D eigenvalue weighted by molar-refractivity contribution is 6.08. The number of nitrogens with zero attached hydrogens (tertiary/aromatic N) is 2. The van der Waals surface area contributed by atoms with Gasteiger partial charge in [0.25, 0.3) is 0 Å². The first-order chi connectivity index (χ1) is 8.58. The summed E-state index contributed by atoms with van der Waals surface area (Å²) in [6.45, 7) is 0.583. The molecule has 0 aromatic carbocycles. The summed E-state index contributed by atoms with van der Waals surface area (Å²) in [5.74, 6) is -1.50. The fourth-order valence-electron chi connectivity index (χ4n) is 1.77. The van der Waals surface area contributed by atoms with Crippen molar-refractivity contribution in [2.24, 2.45) is 11.7 Å². The Labute approximate surface area is 103 Å². The minimum absolute atomic E-state index is 0.147. The molecule has 2 heterocycles. The molecule has 3 amide bonds. The number of nitrogens with two attached hydrogens (primary N) is 1. The molecule has 8 heteroatoms. The van der Waals surface area contributed by atoms with Crippen LogP contribution in [0.1, 0.15) is 5.69 Å². The van der Waals surface area contributed by atoms with Gasteiger partial charge in [0.1, 0.15) is 11.8 Å². The van der Waals surface area contributed by atoms with Gasteiger partial charge in [-0.05, 0) is 0 Å². The van der Waals surface area contributed by atoms with Crippen LogP contribution in [0, 0.1) is 11.3 Å². The number of imide groups is 1. The van der Waals surface area contributed by atoms with Gasteiger partial charge in [0.2, 0.25) is 5.91 Å². The van der Waals surface area contributed by atoms with Gasteiger partial charge in [-0.3, -0.25) is 15.5 Å². The van der Waals surface area contributed by atoms with Crippen molar-refractivity contribution >= 4 is 17.8 Å². The molecule has 0 saturated carbocycles. The summed E-state index contributed by atoms with van der Waals surface area (Å²) in [5.41, 5.74) is 6.23. The Morgan fingerprint density at radius 2 is 2.39 bits per heavy atom. The van der Waals surface area contributed by atoms with Crippen molar-refractivity contribution in [1.29, 1.82) is 5.41 Å². The lowest BCUT2D eigenvalue weighted by Crippen LogP contribution is -2.57. The number of H-pyrrole nitrogens is 1. The Balaban J connectivity index is 1.97. The Bertz CT molecular complexity index is 469. The minimum atomic E-state index is -0.760. The minimum Gasteiger partial charge on any atom is -0.387 e. The zero-order valence-electron chi connectivity index (χ0n) is 9.64. The second kappa shape index (κ2) is 4.86. The van der Waals surface area contributed by atoms with Gasteiger partial charge in [0.05, 0.1) is 6.33 Å². The van der Waals surface area contributed by atoms with Gasteiger partial charge in [0.15, 0.2) is 0 Å². The number of rotatable bonds is 4. The van der Waals surface area contributed by atoms with Crippen molar-refractivity contribution in [3.8, 4) is 0 Å². The van der Waals surface area contributed by atoms with E-state index in [9.17, 15) is 9.59 Å². The Kier molecular flexibility index (Phi) is 3.26. The van der Waals surface area contributed by atoms with E-state index in [4.69, 9.17) is 11.1 Å². The molecule has 1 aliphatic rings. The summed E-state index contributed by atoms with van der Waals surface area (Å²) < 4.78 is 0. The summed E-state index contributed by atoms with van der Waals surface area (Å²) in [5, 5.41) is 9.50. The van der Waals surface area contributed by atoms with Crippen LogP contribution in [0.25, 0.3) is 0 Å².